The van der Waals surface area contributed by atoms with E-state index in [9.17, 15) is 18.0 Å². The summed E-state index contributed by atoms with van der Waals surface area (Å²) in [6.07, 6.45) is -2.16. The molecule has 2 heterocycles. The average Bonchev–Trinajstić information content (AvgIpc) is 3.23. The predicted octanol–water partition coefficient (Wildman–Crippen LogP) is 5.78. The molecule has 9 heteroatoms. The Morgan fingerprint density at radius 3 is 2.60 bits per heavy atom. The summed E-state index contributed by atoms with van der Waals surface area (Å²) in [6.45, 7) is 0.458. The summed E-state index contributed by atoms with van der Waals surface area (Å²) < 4.78 is 43.8. The van der Waals surface area contributed by atoms with E-state index in [-0.39, 0.29) is 11.5 Å². The molecule has 30 heavy (non-hydrogen) atoms. The molecule has 1 aliphatic rings. The summed E-state index contributed by atoms with van der Waals surface area (Å²) in [6, 6.07) is 10.8. The number of aromatic nitrogens is 2. The number of carbonyl (C=O) groups is 1. The Bertz CT molecular complexity index is 1050. The largest absolute Gasteiger partial charge is 0.416 e. The highest BCUT2D eigenvalue weighted by Gasteiger charge is 2.34. The van der Waals surface area contributed by atoms with Gasteiger partial charge in [0, 0.05) is 22.7 Å². The van der Waals surface area contributed by atoms with E-state index in [2.05, 4.69) is 10.1 Å². The maximum absolute atomic E-state index is 13.0. The summed E-state index contributed by atoms with van der Waals surface area (Å²) >= 11 is 6.01. The third-order valence-electron chi connectivity index (χ3n) is 5.03. The number of rotatable bonds is 3. The van der Waals surface area contributed by atoms with Crippen molar-refractivity contribution < 1.29 is 22.5 Å². The van der Waals surface area contributed by atoms with Crippen molar-refractivity contribution in [2.45, 2.75) is 31.5 Å². The third-order valence-corrected chi connectivity index (χ3v) is 5.27. The Morgan fingerprint density at radius 2 is 1.90 bits per heavy atom. The van der Waals surface area contributed by atoms with Crippen LogP contribution in [0.15, 0.2) is 53.1 Å². The van der Waals surface area contributed by atoms with Gasteiger partial charge in [-0.25, -0.2) is 0 Å². The van der Waals surface area contributed by atoms with E-state index in [0.717, 1.165) is 25.0 Å². The highest BCUT2D eigenvalue weighted by atomic mass is 35.5. The van der Waals surface area contributed by atoms with Crippen LogP contribution in [0.1, 0.15) is 47.1 Å². The molecule has 3 aromatic rings. The Balaban J connectivity index is 1.58. The lowest BCUT2D eigenvalue weighted by atomic mass is 10.00. The van der Waals surface area contributed by atoms with Gasteiger partial charge in [-0.2, -0.15) is 18.2 Å². The first kappa shape index (κ1) is 20.4. The van der Waals surface area contributed by atoms with Crippen LogP contribution in [-0.2, 0) is 6.18 Å². The van der Waals surface area contributed by atoms with E-state index in [1.165, 1.54) is 12.1 Å². The number of hydrogen-bond acceptors (Lipinski definition) is 4. The van der Waals surface area contributed by atoms with Crippen LogP contribution in [0.2, 0.25) is 5.02 Å². The first-order valence-corrected chi connectivity index (χ1v) is 9.78. The Morgan fingerprint density at radius 1 is 1.13 bits per heavy atom. The van der Waals surface area contributed by atoms with Gasteiger partial charge < -0.3 is 9.42 Å². The van der Waals surface area contributed by atoms with E-state index in [1.807, 2.05) is 0 Å². The summed E-state index contributed by atoms with van der Waals surface area (Å²) in [5.41, 5.74) is 0.0794. The molecular formula is C21H17ClF3N3O2. The Hall–Kier alpha value is -2.87. The molecule has 1 atom stereocenters. The second-order valence-corrected chi connectivity index (χ2v) is 7.49. The maximum Gasteiger partial charge on any atom is 0.416 e. The van der Waals surface area contributed by atoms with Gasteiger partial charge in [0.05, 0.1) is 5.56 Å². The number of alkyl halides is 3. The van der Waals surface area contributed by atoms with Gasteiger partial charge in [0.25, 0.3) is 5.91 Å². The van der Waals surface area contributed by atoms with Gasteiger partial charge >= 0.3 is 6.18 Å². The standard InChI is InChI=1S/C21H17ClF3N3O2/c22-16-5-3-4-14(12-16)18-26-19(30-27-18)17-6-1-2-11-28(17)20(29)13-7-9-15(10-8-13)21(23,24)25/h3-5,7-10,12,17H,1-2,6,11H2. The zero-order valence-corrected chi connectivity index (χ0v) is 16.5. The van der Waals surface area contributed by atoms with Crippen LogP contribution in [-0.4, -0.2) is 27.5 Å². The van der Waals surface area contributed by atoms with Crippen LogP contribution in [0.4, 0.5) is 13.2 Å². The second-order valence-electron chi connectivity index (χ2n) is 7.05. The van der Waals surface area contributed by atoms with Crippen molar-refractivity contribution in [1.29, 1.82) is 0 Å². The lowest BCUT2D eigenvalue weighted by molar-refractivity contribution is -0.137. The minimum absolute atomic E-state index is 0.185. The number of likely N-dealkylation sites (tertiary alicyclic amines) is 1. The minimum atomic E-state index is -4.45. The fraction of sp³-hybridized carbons (Fsp3) is 0.286. The van der Waals surface area contributed by atoms with E-state index in [0.29, 0.717) is 35.3 Å². The quantitative estimate of drug-likeness (QED) is 0.523. The van der Waals surface area contributed by atoms with Crippen molar-refractivity contribution in [1.82, 2.24) is 15.0 Å². The highest BCUT2D eigenvalue weighted by Crippen LogP contribution is 2.34. The molecule has 156 valence electrons. The van der Waals surface area contributed by atoms with E-state index in [4.69, 9.17) is 16.1 Å². The zero-order valence-electron chi connectivity index (χ0n) is 15.7. The molecule has 1 aromatic heterocycles. The summed E-state index contributed by atoms with van der Waals surface area (Å²) in [7, 11) is 0. The number of hydrogen-bond donors (Lipinski definition) is 0. The number of halogens is 4. The monoisotopic (exact) mass is 435 g/mol. The van der Waals surface area contributed by atoms with E-state index >= 15 is 0 Å². The number of benzene rings is 2. The van der Waals surface area contributed by atoms with Gasteiger partial charge in [0.1, 0.15) is 6.04 Å². The molecule has 1 aliphatic heterocycles. The molecule has 2 aromatic carbocycles. The van der Waals surface area contributed by atoms with Crippen LogP contribution in [0, 0.1) is 0 Å². The van der Waals surface area contributed by atoms with Gasteiger partial charge in [-0.15, -0.1) is 0 Å². The van der Waals surface area contributed by atoms with Crippen molar-refractivity contribution in [3.63, 3.8) is 0 Å². The predicted molar refractivity (Wildman–Crippen MR) is 104 cm³/mol. The lowest BCUT2D eigenvalue weighted by Crippen LogP contribution is -2.38. The van der Waals surface area contributed by atoms with E-state index in [1.54, 1.807) is 29.2 Å². The smallest absolute Gasteiger partial charge is 0.337 e. The first-order valence-electron chi connectivity index (χ1n) is 9.41. The topological polar surface area (TPSA) is 59.2 Å². The number of piperidine rings is 1. The van der Waals surface area contributed by atoms with E-state index < -0.39 is 17.8 Å². The van der Waals surface area contributed by atoms with Gasteiger partial charge in [0.15, 0.2) is 0 Å². The maximum atomic E-state index is 13.0. The van der Waals surface area contributed by atoms with Crippen LogP contribution >= 0.6 is 11.6 Å². The molecule has 0 spiro atoms. The fourth-order valence-electron chi connectivity index (χ4n) is 3.51. The molecule has 0 aliphatic carbocycles. The van der Waals surface area contributed by atoms with Gasteiger partial charge in [-0.3, -0.25) is 4.79 Å². The number of amides is 1. The highest BCUT2D eigenvalue weighted by molar-refractivity contribution is 6.30. The van der Waals surface area contributed by atoms with Gasteiger partial charge in [-0.05, 0) is 55.7 Å². The van der Waals surface area contributed by atoms with Crippen molar-refractivity contribution >= 4 is 17.5 Å². The SMILES string of the molecule is O=C(c1ccc(C(F)(F)F)cc1)N1CCCCC1c1nc(-c2cccc(Cl)c2)no1. The molecule has 4 rings (SSSR count). The van der Waals surface area contributed by atoms with Crippen molar-refractivity contribution in [3.05, 3.63) is 70.6 Å². The number of nitrogens with zero attached hydrogens (tertiary/aromatic N) is 3. The van der Waals surface area contributed by atoms with Crippen LogP contribution in [0.3, 0.4) is 0 Å². The molecule has 1 saturated heterocycles. The summed E-state index contributed by atoms with van der Waals surface area (Å²) in [5, 5.41) is 4.54. The zero-order chi connectivity index (χ0) is 21.3. The van der Waals surface area contributed by atoms with Crippen molar-refractivity contribution in [3.8, 4) is 11.4 Å². The first-order chi connectivity index (χ1) is 14.3. The fourth-order valence-corrected chi connectivity index (χ4v) is 3.70. The molecule has 0 saturated carbocycles. The van der Waals surface area contributed by atoms with Crippen LogP contribution in [0.25, 0.3) is 11.4 Å². The molecular weight excluding hydrogens is 419 g/mol. The Kier molecular flexibility index (Phi) is 5.51. The Labute approximate surface area is 175 Å². The molecule has 1 fully saturated rings. The van der Waals surface area contributed by atoms with Crippen LogP contribution in [0.5, 0.6) is 0 Å². The number of carbonyl (C=O) groups excluding carboxylic acids is 1. The normalized spacial score (nSPS) is 17.2. The van der Waals surface area contributed by atoms with Crippen molar-refractivity contribution in [2.75, 3.05) is 6.54 Å². The molecule has 0 bridgehead atoms. The lowest BCUT2D eigenvalue weighted by Gasteiger charge is -2.33. The molecule has 0 N–H and O–H groups in total. The molecule has 1 amide bonds. The van der Waals surface area contributed by atoms with Crippen LogP contribution < -0.4 is 0 Å². The third kappa shape index (κ3) is 4.18. The second kappa shape index (κ2) is 8.10. The van der Waals surface area contributed by atoms with Gasteiger partial charge in [0.2, 0.25) is 11.7 Å². The molecule has 0 radical (unpaired) electrons. The summed E-state index contributed by atoms with van der Waals surface area (Å²) in [4.78, 5) is 19.0. The molecule has 1 unspecified atom stereocenters. The minimum Gasteiger partial charge on any atom is -0.337 e. The van der Waals surface area contributed by atoms with Crippen molar-refractivity contribution in [2.24, 2.45) is 0 Å². The molecule has 5 nitrogen and oxygen atoms in total. The van der Waals surface area contributed by atoms with Gasteiger partial charge in [-0.1, -0.05) is 28.9 Å². The average molecular weight is 436 g/mol. The summed E-state index contributed by atoms with van der Waals surface area (Å²) in [5.74, 6) is 0.292.